The Morgan fingerprint density at radius 1 is 0.844 bits per heavy atom. The van der Waals surface area contributed by atoms with Crippen molar-refractivity contribution in [1.82, 2.24) is 9.80 Å². The number of nitrogens with zero attached hydrogens (tertiary/aromatic N) is 2. The molecule has 1 atom stereocenters. The number of amides is 2. The summed E-state index contributed by atoms with van der Waals surface area (Å²) >= 11 is 0. The van der Waals surface area contributed by atoms with E-state index in [1.807, 2.05) is 24.3 Å². The smallest absolute Gasteiger partial charge is 0.263 e. The van der Waals surface area contributed by atoms with Gasteiger partial charge in [-0.3, -0.25) is 9.59 Å². The van der Waals surface area contributed by atoms with Crippen LogP contribution in [0.4, 0.5) is 13.2 Å². The molecule has 1 unspecified atom stereocenters. The second kappa shape index (κ2) is 10.1. The van der Waals surface area contributed by atoms with Gasteiger partial charge in [0.05, 0.1) is 5.56 Å². The van der Waals surface area contributed by atoms with Gasteiger partial charge in [-0.15, -0.1) is 0 Å². The average Bonchev–Trinajstić information content (AvgIpc) is 3.03. The fraction of sp³-hybridized carbons (Fsp3) is 0.417. The van der Waals surface area contributed by atoms with Crippen LogP contribution in [0.3, 0.4) is 0 Å². The molecule has 0 aliphatic carbocycles. The number of halogens is 3. The van der Waals surface area contributed by atoms with Crippen LogP contribution in [0.25, 0.3) is 0 Å². The molecule has 1 aliphatic rings. The van der Waals surface area contributed by atoms with E-state index >= 15 is 0 Å². The van der Waals surface area contributed by atoms with Crippen molar-refractivity contribution in [3.8, 4) is 5.75 Å². The van der Waals surface area contributed by atoms with Crippen molar-refractivity contribution in [3.05, 3.63) is 65.0 Å². The van der Waals surface area contributed by atoms with Gasteiger partial charge in [0.25, 0.3) is 11.8 Å². The Bertz CT molecular complexity index is 979. The van der Waals surface area contributed by atoms with Crippen molar-refractivity contribution in [2.45, 2.75) is 39.2 Å². The topological polar surface area (TPSA) is 49.9 Å². The Labute approximate surface area is 185 Å². The van der Waals surface area contributed by atoms with Crippen molar-refractivity contribution in [2.75, 3.05) is 26.2 Å². The summed E-state index contributed by atoms with van der Waals surface area (Å²) in [7, 11) is 0. The van der Waals surface area contributed by atoms with Crippen molar-refractivity contribution in [3.63, 3.8) is 0 Å². The van der Waals surface area contributed by atoms with Crippen molar-refractivity contribution in [1.29, 1.82) is 0 Å². The van der Waals surface area contributed by atoms with Crippen LogP contribution in [0, 0.1) is 17.5 Å². The zero-order valence-corrected chi connectivity index (χ0v) is 18.4. The summed E-state index contributed by atoms with van der Waals surface area (Å²) in [6.45, 7) is 6.92. The summed E-state index contributed by atoms with van der Waals surface area (Å²) in [5.74, 6) is -4.48. The molecule has 0 bridgehead atoms. The van der Waals surface area contributed by atoms with E-state index in [1.165, 1.54) is 10.5 Å². The number of hydrogen-bond acceptors (Lipinski definition) is 3. The molecule has 1 aliphatic heterocycles. The molecule has 3 rings (SSSR count). The van der Waals surface area contributed by atoms with Crippen LogP contribution >= 0.6 is 0 Å². The van der Waals surface area contributed by atoms with Gasteiger partial charge in [-0.05, 0) is 49.1 Å². The average molecular weight is 448 g/mol. The van der Waals surface area contributed by atoms with E-state index in [0.29, 0.717) is 24.6 Å². The number of rotatable bonds is 5. The van der Waals surface area contributed by atoms with Crippen molar-refractivity contribution >= 4 is 11.8 Å². The van der Waals surface area contributed by atoms with Crippen LogP contribution in [0.5, 0.6) is 5.75 Å². The molecule has 0 radical (unpaired) electrons. The monoisotopic (exact) mass is 448 g/mol. The van der Waals surface area contributed by atoms with E-state index in [-0.39, 0.29) is 25.5 Å². The lowest BCUT2D eigenvalue weighted by molar-refractivity contribution is -0.137. The predicted molar refractivity (Wildman–Crippen MR) is 114 cm³/mol. The lowest BCUT2D eigenvalue weighted by Crippen LogP contribution is -2.43. The molecule has 0 aromatic heterocycles. The maximum absolute atomic E-state index is 14.0. The van der Waals surface area contributed by atoms with Gasteiger partial charge in [-0.2, -0.15) is 0 Å². The van der Waals surface area contributed by atoms with E-state index in [1.54, 1.807) is 11.8 Å². The van der Waals surface area contributed by atoms with Gasteiger partial charge in [-0.25, -0.2) is 13.2 Å². The first-order valence-electron chi connectivity index (χ1n) is 10.7. The van der Waals surface area contributed by atoms with Gasteiger partial charge < -0.3 is 14.5 Å². The van der Waals surface area contributed by atoms with E-state index in [4.69, 9.17) is 4.74 Å². The fourth-order valence-electron chi connectivity index (χ4n) is 3.65. The summed E-state index contributed by atoms with van der Waals surface area (Å²) in [6.07, 6.45) is -0.246. The van der Waals surface area contributed by atoms with Gasteiger partial charge in [0.2, 0.25) is 0 Å². The fourth-order valence-corrected chi connectivity index (χ4v) is 3.65. The Morgan fingerprint density at radius 2 is 1.47 bits per heavy atom. The predicted octanol–water partition coefficient (Wildman–Crippen LogP) is 4.37. The highest BCUT2D eigenvalue weighted by Gasteiger charge is 2.28. The van der Waals surface area contributed by atoms with Gasteiger partial charge in [0, 0.05) is 26.2 Å². The molecule has 2 aromatic carbocycles. The molecule has 172 valence electrons. The Hall–Kier alpha value is -3.03. The largest absolute Gasteiger partial charge is 0.481 e. The highest BCUT2D eigenvalue weighted by Crippen LogP contribution is 2.21. The van der Waals surface area contributed by atoms with Crippen LogP contribution in [0.1, 0.15) is 49.0 Å². The molecule has 2 amide bonds. The number of benzene rings is 2. The minimum absolute atomic E-state index is 0.152. The third kappa shape index (κ3) is 5.23. The zero-order chi connectivity index (χ0) is 23.4. The van der Waals surface area contributed by atoms with Gasteiger partial charge >= 0.3 is 0 Å². The van der Waals surface area contributed by atoms with Gasteiger partial charge in [0.1, 0.15) is 5.75 Å². The highest BCUT2D eigenvalue weighted by molar-refractivity contribution is 5.94. The van der Waals surface area contributed by atoms with Gasteiger partial charge in [0.15, 0.2) is 23.6 Å². The first-order chi connectivity index (χ1) is 15.2. The third-order valence-electron chi connectivity index (χ3n) is 5.57. The number of carbonyl (C=O) groups excluding carboxylic acids is 2. The normalized spacial score (nSPS) is 15.5. The maximum atomic E-state index is 14.0. The molecule has 0 N–H and O–H groups in total. The lowest BCUT2D eigenvalue weighted by Gasteiger charge is -2.25. The summed E-state index contributed by atoms with van der Waals surface area (Å²) in [6, 6.07) is 9.25. The minimum atomic E-state index is -1.67. The summed E-state index contributed by atoms with van der Waals surface area (Å²) in [5.41, 5.74) is 0.649. The van der Waals surface area contributed by atoms with Crippen molar-refractivity contribution in [2.24, 2.45) is 0 Å². The van der Waals surface area contributed by atoms with Gasteiger partial charge in [-0.1, -0.05) is 26.0 Å². The van der Waals surface area contributed by atoms with Crippen molar-refractivity contribution < 1.29 is 27.5 Å². The molecule has 1 heterocycles. The number of carbonyl (C=O) groups is 2. The summed E-state index contributed by atoms with van der Waals surface area (Å²) in [4.78, 5) is 28.4. The second-order valence-corrected chi connectivity index (χ2v) is 8.18. The molecule has 0 spiro atoms. The third-order valence-corrected chi connectivity index (χ3v) is 5.57. The number of hydrogen-bond donors (Lipinski definition) is 0. The summed E-state index contributed by atoms with van der Waals surface area (Å²) in [5, 5.41) is 0. The highest BCUT2D eigenvalue weighted by atomic mass is 19.2. The molecular formula is C24H27F3N2O3. The van der Waals surface area contributed by atoms with E-state index in [0.717, 1.165) is 12.1 Å². The molecular weight excluding hydrogens is 421 g/mol. The minimum Gasteiger partial charge on any atom is -0.481 e. The number of ether oxygens (including phenoxy) is 1. The lowest BCUT2D eigenvalue weighted by atomic mass is 10.0. The van der Waals surface area contributed by atoms with E-state index in [9.17, 15) is 22.8 Å². The van der Waals surface area contributed by atoms with Crippen LogP contribution in [0.15, 0.2) is 36.4 Å². The van der Waals surface area contributed by atoms with E-state index < -0.39 is 35.0 Å². The van der Waals surface area contributed by atoms with E-state index in [2.05, 4.69) is 13.8 Å². The first kappa shape index (κ1) is 23.6. The first-order valence-corrected chi connectivity index (χ1v) is 10.7. The Morgan fingerprint density at radius 3 is 2.12 bits per heavy atom. The molecule has 32 heavy (non-hydrogen) atoms. The molecule has 5 nitrogen and oxygen atoms in total. The quantitative estimate of drug-likeness (QED) is 0.639. The Kier molecular flexibility index (Phi) is 7.43. The van der Waals surface area contributed by atoms with Crippen LogP contribution in [-0.2, 0) is 4.79 Å². The van der Waals surface area contributed by atoms with Crippen LogP contribution in [-0.4, -0.2) is 53.9 Å². The summed E-state index contributed by atoms with van der Waals surface area (Å²) < 4.78 is 46.5. The molecule has 8 heteroatoms. The van der Waals surface area contributed by atoms with Crippen LogP contribution in [0.2, 0.25) is 0 Å². The SMILES string of the molecule is CC(Oc1ccc(C(C)C)cc1)C(=O)N1CCCN(C(=O)c2ccc(F)c(F)c2F)CC1. The molecule has 2 aromatic rings. The molecule has 1 saturated heterocycles. The zero-order valence-electron chi connectivity index (χ0n) is 18.4. The second-order valence-electron chi connectivity index (χ2n) is 8.18. The maximum Gasteiger partial charge on any atom is 0.263 e. The standard InChI is InChI=1S/C24H27F3N2O3/c1-15(2)17-5-7-18(8-6-17)32-16(3)23(30)28-11-4-12-29(14-13-28)24(31)19-9-10-20(25)22(27)21(19)26/h5-10,15-16H,4,11-14H2,1-3H3. The van der Waals surface area contributed by atoms with Crippen LogP contribution < -0.4 is 4.74 Å². The molecule has 0 saturated carbocycles. The molecule has 1 fully saturated rings. The Balaban J connectivity index is 1.61.